The molecule has 0 spiro atoms. The van der Waals surface area contributed by atoms with Crippen molar-refractivity contribution in [1.29, 1.82) is 0 Å². The Morgan fingerprint density at radius 2 is 1.93 bits per heavy atom. The highest BCUT2D eigenvalue weighted by atomic mass is 32.2. The van der Waals surface area contributed by atoms with Gasteiger partial charge in [-0.3, -0.25) is 0 Å². The lowest BCUT2D eigenvalue weighted by molar-refractivity contribution is 0.370. The van der Waals surface area contributed by atoms with Gasteiger partial charge in [0, 0.05) is 17.1 Å². The summed E-state index contributed by atoms with van der Waals surface area (Å²) in [5.41, 5.74) is 2.40. The molecule has 0 fully saturated rings. The Labute approximate surface area is 178 Å². The van der Waals surface area contributed by atoms with E-state index in [1.165, 1.54) is 7.11 Å². The fourth-order valence-corrected chi connectivity index (χ4v) is 5.87. The second kappa shape index (κ2) is 7.32. The van der Waals surface area contributed by atoms with Gasteiger partial charge in [0.05, 0.1) is 18.0 Å². The van der Waals surface area contributed by atoms with Gasteiger partial charge in [-0.2, -0.15) is 0 Å². The molecule has 1 aliphatic heterocycles. The van der Waals surface area contributed by atoms with Crippen LogP contribution < -0.4 is 14.8 Å². The van der Waals surface area contributed by atoms with Gasteiger partial charge in [-0.25, -0.2) is 13.1 Å². The number of aromatic hydroxyl groups is 1. The standard InChI is InChI=1S/C23H28N2O4S/c1-23(2,3)25-30(27,28)15-9-10-19-18(13-15)16-6-5-7-17(16)22(24-19)14-8-11-20(26)21(12-14)29-4/h5-6,8-13,16-17,22,24-26H,7H2,1-4H3. The Bertz CT molecular complexity index is 1100. The van der Waals surface area contributed by atoms with Gasteiger partial charge in [-0.05, 0) is 74.6 Å². The van der Waals surface area contributed by atoms with Crippen molar-refractivity contribution in [3.63, 3.8) is 0 Å². The predicted molar refractivity (Wildman–Crippen MR) is 118 cm³/mol. The molecule has 0 radical (unpaired) electrons. The molecule has 2 aliphatic rings. The van der Waals surface area contributed by atoms with Crippen molar-refractivity contribution in [2.75, 3.05) is 12.4 Å². The summed E-state index contributed by atoms with van der Waals surface area (Å²) in [5, 5.41) is 13.5. The first-order chi connectivity index (χ1) is 14.1. The predicted octanol–water partition coefficient (Wildman–Crippen LogP) is 4.30. The Hall–Kier alpha value is -2.51. The first kappa shape index (κ1) is 20.8. The molecule has 3 atom stereocenters. The third-order valence-electron chi connectivity index (χ3n) is 5.65. The summed E-state index contributed by atoms with van der Waals surface area (Å²) in [4.78, 5) is 0.279. The van der Waals surface area contributed by atoms with E-state index >= 15 is 0 Å². The molecule has 4 rings (SSSR count). The number of ether oxygens (including phenoxy) is 1. The van der Waals surface area contributed by atoms with Crippen LogP contribution in [0.3, 0.4) is 0 Å². The Morgan fingerprint density at radius 3 is 2.63 bits per heavy atom. The number of benzene rings is 2. The molecule has 2 aromatic carbocycles. The average Bonchev–Trinajstić information content (AvgIpc) is 3.15. The van der Waals surface area contributed by atoms with Gasteiger partial charge in [-0.1, -0.05) is 18.2 Å². The lowest BCUT2D eigenvalue weighted by atomic mass is 9.77. The molecule has 30 heavy (non-hydrogen) atoms. The fraction of sp³-hybridized carbons (Fsp3) is 0.391. The zero-order chi connectivity index (χ0) is 21.7. The van der Waals surface area contributed by atoms with E-state index in [1.807, 2.05) is 39.0 Å². The van der Waals surface area contributed by atoms with Gasteiger partial charge in [0.25, 0.3) is 0 Å². The van der Waals surface area contributed by atoms with Gasteiger partial charge in [0.1, 0.15) is 0 Å². The highest BCUT2D eigenvalue weighted by Crippen LogP contribution is 2.50. The average molecular weight is 429 g/mol. The monoisotopic (exact) mass is 428 g/mol. The summed E-state index contributed by atoms with van der Waals surface area (Å²) >= 11 is 0. The molecule has 0 amide bonds. The number of methoxy groups -OCH3 is 1. The highest BCUT2D eigenvalue weighted by Gasteiger charge is 2.39. The summed E-state index contributed by atoms with van der Waals surface area (Å²) in [6, 6.07) is 10.7. The molecule has 160 valence electrons. The lowest BCUT2D eigenvalue weighted by Gasteiger charge is -2.38. The minimum Gasteiger partial charge on any atom is -0.504 e. The number of hydrogen-bond acceptors (Lipinski definition) is 5. The van der Waals surface area contributed by atoms with E-state index < -0.39 is 15.6 Å². The van der Waals surface area contributed by atoms with Crippen LogP contribution in [0.25, 0.3) is 0 Å². The number of sulfonamides is 1. The second-order valence-electron chi connectivity index (χ2n) is 9.01. The van der Waals surface area contributed by atoms with Crippen molar-refractivity contribution in [2.45, 2.75) is 49.6 Å². The Morgan fingerprint density at radius 1 is 1.17 bits per heavy atom. The number of allylic oxidation sites excluding steroid dienone is 2. The fourth-order valence-electron chi connectivity index (χ4n) is 4.42. The maximum atomic E-state index is 12.8. The molecule has 1 aliphatic carbocycles. The molecule has 3 N–H and O–H groups in total. The van der Waals surface area contributed by atoms with E-state index in [0.29, 0.717) is 5.75 Å². The zero-order valence-electron chi connectivity index (χ0n) is 17.6. The third-order valence-corrected chi connectivity index (χ3v) is 7.40. The molecule has 0 aromatic heterocycles. The van der Waals surface area contributed by atoms with Crippen LogP contribution in [0, 0.1) is 5.92 Å². The molecule has 1 heterocycles. The molecule has 0 bridgehead atoms. The van der Waals surface area contributed by atoms with Crippen molar-refractivity contribution in [2.24, 2.45) is 5.92 Å². The molecule has 0 saturated heterocycles. The third kappa shape index (κ3) is 3.79. The quantitative estimate of drug-likeness (QED) is 0.632. The van der Waals surface area contributed by atoms with Crippen molar-refractivity contribution >= 4 is 15.7 Å². The summed E-state index contributed by atoms with van der Waals surface area (Å²) in [6.45, 7) is 5.49. The normalized spacial score (nSPS) is 22.9. The first-order valence-electron chi connectivity index (χ1n) is 10.1. The second-order valence-corrected chi connectivity index (χ2v) is 10.7. The Balaban J connectivity index is 1.72. The number of nitrogens with one attached hydrogen (secondary N) is 2. The van der Waals surface area contributed by atoms with Crippen LogP contribution in [0.5, 0.6) is 11.5 Å². The van der Waals surface area contributed by atoms with Gasteiger partial charge >= 0.3 is 0 Å². The number of phenolic OH excluding ortho intramolecular Hbond substituents is 1. The van der Waals surface area contributed by atoms with Crippen LogP contribution in [-0.4, -0.2) is 26.2 Å². The van der Waals surface area contributed by atoms with E-state index in [-0.39, 0.29) is 28.5 Å². The molecule has 6 nitrogen and oxygen atoms in total. The summed E-state index contributed by atoms with van der Waals surface area (Å²) in [7, 11) is -2.07. The van der Waals surface area contributed by atoms with Gasteiger partial charge in [0.15, 0.2) is 11.5 Å². The molecule has 2 aromatic rings. The molecular formula is C23H28N2O4S. The molecule has 0 saturated carbocycles. The zero-order valence-corrected chi connectivity index (χ0v) is 18.5. The van der Waals surface area contributed by atoms with Gasteiger partial charge < -0.3 is 15.2 Å². The van der Waals surface area contributed by atoms with E-state index in [0.717, 1.165) is 23.2 Å². The number of fused-ring (bicyclic) bond motifs is 3. The van der Waals surface area contributed by atoms with Crippen LogP contribution in [0.1, 0.15) is 50.3 Å². The Kier molecular flexibility index (Phi) is 5.06. The van der Waals surface area contributed by atoms with Crippen molar-refractivity contribution in [3.05, 3.63) is 59.7 Å². The SMILES string of the molecule is COc1cc(C2Nc3ccc(S(=O)(=O)NC(C)(C)C)cc3C3C=CCC32)ccc1O. The van der Waals surface area contributed by atoms with Crippen LogP contribution in [0.2, 0.25) is 0 Å². The van der Waals surface area contributed by atoms with Crippen molar-refractivity contribution < 1.29 is 18.3 Å². The number of anilines is 1. The van der Waals surface area contributed by atoms with E-state index in [9.17, 15) is 13.5 Å². The smallest absolute Gasteiger partial charge is 0.241 e. The number of hydrogen-bond donors (Lipinski definition) is 3. The maximum absolute atomic E-state index is 12.8. The van der Waals surface area contributed by atoms with Crippen LogP contribution >= 0.6 is 0 Å². The highest BCUT2D eigenvalue weighted by molar-refractivity contribution is 7.89. The van der Waals surface area contributed by atoms with Crippen molar-refractivity contribution in [1.82, 2.24) is 4.72 Å². The van der Waals surface area contributed by atoms with Crippen LogP contribution in [0.4, 0.5) is 5.69 Å². The largest absolute Gasteiger partial charge is 0.504 e. The molecular weight excluding hydrogens is 400 g/mol. The summed E-state index contributed by atoms with van der Waals surface area (Å²) < 4.78 is 33.7. The number of phenols is 1. The van der Waals surface area contributed by atoms with Crippen molar-refractivity contribution in [3.8, 4) is 11.5 Å². The van der Waals surface area contributed by atoms with Gasteiger partial charge in [0.2, 0.25) is 10.0 Å². The summed E-state index contributed by atoms with van der Waals surface area (Å²) in [6.07, 6.45) is 5.22. The van der Waals surface area contributed by atoms with E-state index in [1.54, 1.807) is 18.2 Å². The van der Waals surface area contributed by atoms with E-state index in [4.69, 9.17) is 4.74 Å². The molecule has 7 heteroatoms. The molecule has 3 unspecified atom stereocenters. The maximum Gasteiger partial charge on any atom is 0.241 e. The van der Waals surface area contributed by atoms with E-state index in [2.05, 4.69) is 22.2 Å². The van der Waals surface area contributed by atoms with Crippen LogP contribution in [0.15, 0.2) is 53.4 Å². The first-order valence-corrected chi connectivity index (χ1v) is 11.6. The minimum atomic E-state index is -3.61. The number of rotatable bonds is 4. The van der Waals surface area contributed by atoms with Crippen LogP contribution in [-0.2, 0) is 10.0 Å². The topological polar surface area (TPSA) is 87.7 Å². The van der Waals surface area contributed by atoms with Gasteiger partial charge in [-0.15, -0.1) is 0 Å². The minimum absolute atomic E-state index is 0.0298. The lowest BCUT2D eigenvalue weighted by Crippen LogP contribution is -2.40. The summed E-state index contributed by atoms with van der Waals surface area (Å²) in [5.74, 6) is 0.924.